The van der Waals surface area contributed by atoms with Gasteiger partial charge in [0.05, 0.1) is 12.5 Å². The van der Waals surface area contributed by atoms with E-state index in [4.69, 9.17) is 4.74 Å². The summed E-state index contributed by atoms with van der Waals surface area (Å²) < 4.78 is 19.1. The van der Waals surface area contributed by atoms with E-state index in [0.29, 0.717) is 37.3 Å². The molecule has 0 spiro atoms. The molecule has 2 amide bonds. The summed E-state index contributed by atoms with van der Waals surface area (Å²) in [6.07, 6.45) is 5.30. The van der Waals surface area contributed by atoms with Crippen LogP contribution in [-0.2, 0) is 20.7 Å². The molecule has 6 heteroatoms. The third kappa shape index (κ3) is 6.03. The molecule has 148 valence electrons. The van der Waals surface area contributed by atoms with E-state index in [-0.39, 0.29) is 23.7 Å². The van der Waals surface area contributed by atoms with Crippen molar-refractivity contribution in [1.29, 1.82) is 0 Å². The van der Waals surface area contributed by atoms with E-state index in [1.807, 2.05) is 4.90 Å². The Hall–Kier alpha value is -1.95. The fraction of sp³-hybridized carbons (Fsp3) is 0.619. The van der Waals surface area contributed by atoms with Gasteiger partial charge in [0.1, 0.15) is 5.82 Å². The van der Waals surface area contributed by atoms with Crippen LogP contribution in [0, 0.1) is 11.7 Å². The largest absolute Gasteiger partial charge is 0.378 e. The number of likely N-dealkylation sites (tertiary alicyclic amines) is 1. The van der Waals surface area contributed by atoms with Crippen molar-refractivity contribution < 1.29 is 18.7 Å². The van der Waals surface area contributed by atoms with Crippen molar-refractivity contribution in [2.45, 2.75) is 51.0 Å². The minimum atomic E-state index is -0.230. The highest BCUT2D eigenvalue weighted by atomic mass is 19.1. The van der Waals surface area contributed by atoms with Crippen molar-refractivity contribution in [3.63, 3.8) is 0 Å². The van der Waals surface area contributed by atoms with Crippen LogP contribution in [0.2, 0.25) is 0 Å². The molecular weight excluding hydrogens is 347 g/mol. The third-order valence-electron chi connectivity index (χ3n) is 5.54. The Morgan fingerprint density at radius 1 is 1.15 bits per heavy atom. The fourth-order valence-electron chi connectivity index (χ4n) is 3.89. The summed E-state index contributed by atoms with van der Waals surface area (Å²) in [5.41, 5.74) is 0.621. The van der Waals surface area contributed by atoms with Gasteiger partial charge >= 0.3 is 0 Å². The van der Waals surface area contributed by atoms with E-state index >= 15 is 0 Å². The second-order valence-corrected chi connectivity index (χ2v) is 7.56. The monoisotopic (exact) mass is 376 g/mol. The number of amides is 2. The van der Waals surface area contributed by atoms with Crippen LogP contribution in [-0.4, -0.2) is 49.1 Å². The zero-order valence-corrected chi connectivity index (χ0v) is 15.8. The summed E-state index contributed by atoms with van der Waals surface area (Å²) in [5.74, 6) is 0.266. The fourth-order valence-corrected chi connectivity index (χ4v) is 3.89. The highest BCUT2D eigenvalue weighted by Gasteiger charge is 2.27. The number of nitrogens with zero attached hydrogens (tertiary/aromatic N) is 1. The second kappa shape index (κ2) is 9.83. The number of hydrogen-bond acceptors (Lipinski definition) is 3. The van der Waals surface area contributed by atoms with E-state index in [1.54, 1.807) is 18.2 Å². The van der Waals surface area contributed by atoms with Crippen molar-refractivity contribution in [1.82, 2.24) is 10.2 Å². The number of piperidine rings is 1. The second-order valence-electron chi connectivity index (χ2n) is 7.56. The Labute approximate surface area is 160 Å². The van der Waals surface area contributed by atoms with Gasteiger partial charge in [0, 0.05) is 32.7 Å². The number of carbonyl (C=O) groups excluding carboxylic acids is 2. The molecule has 1 N–H and O–H groups in total. The van der Waals surface area contributed by atoms with Crippen LogP contribution in [0.25, 0.3) is 0 Å². The molecule has 2 fully saturated rings. The summed E-state index contributed by atoms with van der Waals surface area (Å²) in [4.78, 5) is 26.4. The van der Waals surface area contributed by atoms with Crippen LogP contribution >= 0.6 is 0 Å². The molecular formula is C21H29FN2O3. The minimum absolute atomic E-state index is 0.00970. The van der Waals surface area contributed by atoms with E-state index in [1.165, 1.54) is 6.07 Å². The SMILES string of the molecule is O=C(CC1CCN(C(=O)C[C@@H]2CCCO2)CC1)NCCc1ccccc1F. The lowest BCUT2D eigenvalue weighted by atomic mass is 9.93. The van der Waals surface area contributed by atoms with Gasteiger partial charge in [-0.3, -0.25) is 9.59 Å². The number of nitrogens with one attached hydrogen (secondary N) is 1. The summed E-state index contributed by atoms with van der Waals surface area (Å²) in [6, 6.07) is 6.64. The van der Waals surface area contributed by atoms with Gasteiger partial charge in [0.15, 0.2) is 0 Å². The van der Waals surface area contributed by atoms with Gasteiger partial charge < -0.3 is 15.0 Å². The van der Waals surface area contributed by atoms with Crippen LogP contribution in [0.3, 0.4) is 0 Å². The molecule has 27 heavy (non-hydrogen) atoms. The van der Waals surface area contributed by atoms with Gasteiger partial charge in [0.2, 0.25) is 11.8 Å². The molecule has 0 bridgehead atoms. The molecule has 3 rings (SSSR count). The van der Waals surface area contributed by atoms with Crippen LogP contribution in [0.1, 0.15) is 44.1 Å². The average molecular weight is 376 g/mol. The molecule has 0 radical (unpaired) electrons. The maximum absolute atomic E-state index is 13.6. The Bertz CT molecular complexity index is 638. The molecule has 5 nitrogen and oxygen atoms in total. The number of benzene rings is 1. The molecule has 1 aromatic carbocycles. The Morgan fingerprint density at radius 2 is 1.93 bits per heavy atom. The van der Waals surface area contributed by atoms with Gasteiger partial charge in [0.25, 0.3) is 0 Å². The predicted octanol–water partition coefficient (Wildman–Crippen LogP) is 2.68. The highest BCUT2D eigenvalue weighted by Crippen LogP contribution is 2.23. The van der Waals surface area contributed by atoms with Crippen molar-refractivity contribution in [3.8, 4) is 0 Å². The van der Waals surface area contributed by atoms with Crippen molar-refractivity contribution in [2.24, 2.45) is 5.92 Å². The Balaban J connectivity index is 1.32. The molecule has 0 unspecified atom stereocenters. The van der Waals surface area contributed by atoms with Crippen molar-refractivity contribution in [3.05, 3.63) is 35.6 Å². The van der Waals surface area contributed by atoms with Crippen molar-refractivity contribution in [2.75, 3.05) is 26.2 Å². The summed E-state index contributed by atoms with van der Waals surface area (Å²) >= 11 is 0. The number of halogens is 1. The first-order valence-corrected chi connectivity index (χ1v) is 10.0. The normalized spacial score (nSPS) is 20.6. The summed E-state index contributed by atoms with van der Waals surface area (Å²) in [6.45, 7) is 2.65. The molecule has 2 heterocycles. The topological polar surface area (TPSA) is 58.6 Å². The molecule has 0 saturated carbocycles. The first kappa shape index (κ1) is 19.8. The van der Waals surface area contributed by atoms with Crippen LogP contribution in [0.5, 0.6) is 0 Å². The number of ether oxygens (including phenoxy) is 1. The highest BCUT2D eigenvalue weighted by molar-refractivity contribution is 5.77. The van der Waals surface area contributed by atoms with Gasteiger partial charge in [-0.1, -0.05) is 18.2 Å². The molecule has 1 atom stereocenters. The van der Waals surface area contributed by atoms with Crippen LogP contribution in [0.15, 0.2) is 24.3 Å². The van der Waals surface area contributed by atoms with Gasteiger partial charge in [-0.15, -0.1) is 0 Å². The predicted molar refractivity (Wildman–Crippen MR) is 101 cm³/mol. The smallest absolute Gasteiger partial charge is 0.225 e. The van der Waals surface area contributed by atoms with Crippen molar-refractivity contribution >= 4 is 11.8 Å². The van der Waals surface area contributed by atoms with Crippen LogP contribution in [0.4, 0.5) is 4.39 Å². The first-order valence-electron chi connectivity index (χ1n) is 10.0. The first-order chi connectivity index (χ1) is 13.1. The average Bonchev–Trinajstić information content (AvgIpc) is 3.17. The number of rotatable bonds is 7. The van der Waals surface area contributed by atoms with E-state index in [9.17, 15) is 14.0 Å². The molecule has 0 aliphatic carbocycles. The van der Waals surface area contributed by atoms with Gasteiger partial charge in [-0.25, -0.2) is 4.39 Å². The van der Waals surface area contributed by atoms with E-state index in [2.05, 4.69) is 5.32 Å². The van der Waals surface area contributed by atoms with Gasteiger partial charge in [-0.2, -0.15) is 0 Å². The van der Waals surface area contributed by atoms with Gasteiger partial charge in [-0.05, 0) is 49.7 Å². The zero-order chi connectivity index (χ0) is 19.1. The lowest BCUT2D eigenvalue weighted by Crippen LogP contribution is -2.40. The zero-order valence-electron chi connectivity index (χ0n) is 15.8. The standard InChI is InChI=1S/C21H29FN2O3/c22-19-6-2-1-4-17(19)7-10-23-20(25)14-16-8-11-24(12-9-16)21(26)15-18-5-3-13-27-18/h1-2,4,6,16,18H,3,5,7-15H2,(H,23,25)/t18-/m0/s1. The maximum atomic E-state index is 13.6. The number of hydrogen-bond donors (Lipinski definition) is 1. The summed E-state index contributed by atoms with van der Waals surface area (Å²) in [7, 11) is 0. The molecule has 1 aromatic rings. The van der Waals surface area contributed by atoms with E-state index in [0.717, 1.165) is 45.4 Å². The third-order valence-corrected chi connectivity index (χ3v) is 5.54. The molecule has 0 aromatic heterocycles. The molecule has 2 aliphatic heterocycles. The Kier molecular flexibility index (Phi) is 7.21. The Morgan fingerprint density at radius 3 is 2.63 bits per heavy atom. The molecule has 2 aliphatic rings. The van der Waals surface area contributed by atoms with Crippen LogP contribution < -0.4 is 5.32 Å². The van der Waals surface area contributed by atoms with E-state index < -0.39 is 0 Å². The lowest BCUT2D eigenvalue weighted by molar-refractivity contribution is -0.135. The summed E-state index contributed by atoms with van der Waals surface area (Å²) in [5, 5.41) is 2.89. The number of carbonyl (C=O) groups is 2. The minimum Gasteiger partial charge on any atom is -0.378 e. The maximum Gasteiger partial charge on any atom is 0.225 e. The molecule has 2 saturated heterocycles. The lowest BCUT2D eigenvalue weighted by Gasteiger charge is -2.32. The quantitative estimate of drug-likeness (QED) is 0.796.